The Balaban J connectivity index is 2.01. The summed E-state index contributed by atoms with van der Waals surface area (Å²) in [7, 11) is 0. The van der Waals surface area contributed by atoms with Crippen LogP contribution in [0, 0.1) is 6.92 Å². The Kier molecular flexibility index (Phi) is 7.27. The lowest BCUT2D eigenvalue weighted by atomic mass is 10.3. The number of hydrogen-bond acceptors (Lipinski definition) is 5. The largest absolute Gasteiger partial charge is 0.477 e. The molecule has 154 valence electrons. The van der Waals surface area contributed by atoms with Crippen LogP contribution in [0.5, 0.6) is 17.5 Å². The van der Waals surface area contributed by atoms with Crippen LogP contribution >= 0.6 is 23.4 Å². The SMILES string of the molecule is Cc1cc(OCCC(Cl)SC(F)(F)F)nc(Oc2ccnc(C(F)(F)F)c2)c1. The van der Waals surface area contributed by atoms with Crippen LogP contribution in [0.3, 0.4) is 0 Å². The highest BCUT2D eigenvalue weighted by Crippen LogP contribution is 2.37. The smallest absolute Gasteiger partial charge is 0.443 e. The molecule has 0 aromatic carbocycles. The van der Waals surface area contributed by atoms with Crippen LogP contribution in [0.25, 0.3) is 0 Å². The zero-order valence-corrected chi connectivity index (χ0v) is 15.7. The molecule has 0 N–H and O–H groups in total. The van der Waals surface area contributed by atoms with Crippen LogP contribution in [-0.2, 0) is 6.18 Å². The number of pyridine rings is 2. The summed E-state index contributed by atoms with van der Waals surface area (Å²) < 4.78 is 84.1. The van der Waals surface area contributed by atoms with Gasteiger partial charge in [0.05, 0.1) is 11.3 Å². The summed E-state index contributed by atoms with van der Waals surface area (Å²) in [4.78, 5) is 7.20. The van der Waals surface area contributed by atoms with Crippen molar-refractivity contribution in [1.29, 1.82) is 0 Å². The molecule has 0 saturated carbocycles. The van der Waals surface area contributed by atoms with Gasteiger partial charge in [0.25, 0.3) is 0 Å². The van der Waals surface area contributed by atoms with Gasteiger partial charge >= 0.3 is 11.7 Å². The molecule has 2 rings (SSSR count). The summed E-state index contributed by atoms with van der Waals surface area (Å²) in [5, 5.41) is 0. The summed E-state index contributed by atoms with van der Waals surface area (Å²) in [5.41, 5.74) is -4.95. The average molecular weight is 447 g/mol. The maximum absolute atomic E-state index is 12.7. The van der Waals surface area contributed by atoms with Gasteiger partial charge in [-0.25, -0.2) is 0 Å². The number of nitrogens with zero attached hydrogens (tertiary/aromatic N) is 2. The van der Waals surface area contributed by atoms with Crippen LogP contribution in [-0.4, -0.2) is 26.8 Å². The normalized spacial score (nSPS) is 13.3. The quantitative estimate of drug-likeness (QED) is 0.375. The molecule has 1 atom stereocenters. The van der Waals surface area contributed by atoms with E-state index in [-0.39, 0.29) is 42.3 Å². The van der Waals surface area contributed by atoms with Crippen molar-refractivity contribution < 1.29 is 35.8 Å². The third-order valence-electron chi connectivity index (χ3n) is 3.02. The molecule has 0 radical (unpaired) electrons. The molecule has 0 saturated heterocycles. The summed E-state index contributed by atoms with van der Waals surface area (Å²) in [6.45, 7) is 1.53. The molecule has 2 heterocycles. The Morgan fingerprint density at radius 2 is 1.79 bits per heavy atom. The molecular formula is C16H13ClF6N2O2S. The van der Waals surface area contributed by atoms with Crippen molar-refractivity contribution in [1.82, 2.24) is 9.97 Å². The van der Waals surface area contributed by atoms with Gasteiger partial charge in [-0.15, -0.1) is 11.6 Å². The van der Waals surface area contributed by atoms with Crippen molar-refractivity contribution in [3.8, 4) is 17.5 Å². The Labute approximate surface area is 165 Å². The maximum Gasteiger partial charge on any atom is 0.443 e. The van der Waals surface area contributed by atoms with E-state index in [1.165, 1.54) is 18.2 Å². The first-order valence-electron chi connectivity index (χ1n) is 7.63. The highest BCUT2D eigenvalue weighted by molar-refractivity contribution is 8.01. The van der Waals surface area contributed by atoms with Crippen LogP contribution < -0.4 is 9.47 Å². The fraction of sp³-hybridized carbons (Fsp3) is 0.375. The van der Waals surface area contributed by atoms with Gasteiger partial charge in [-0.2, -0.15) is 31.3 Å². The van der Waals surface area contributed by atoms with E-state index in [4.69, 9.17) is 21.1 Å². The van der Waals surface area contributed by atoms with Gasteiger partial charge in [-0.05, 0) is 30.3 Å². The summed E-state index contributed by atoms with van der Waals surface area (Å²) >= 11 is 5.22. The Hall–Kier alpha value is -1.88. The van der Waals surface area contributed by atoms with Gasteiger partial charge in [0.15, 0.2) is 0 Å². The molecule has 0 amide bonds. The number of aromatic nitrogens is 2. The lowest BCUT2D eigenvalue weighted by molar-refractivity contribution is -0.141. The van der Waals surface area contributed by atoms with Crippen molar-refractivity contribution in [3.05, 3.63) is 41.7 Å². The van der Waals surface area contributed by atoms with Crippen molar-refractivity contribution in [3.63, 3.8) is 0 Å². The lowest BCUT2D eigenvalue weighted by Crippen LogP contribution is -2.11. The van der Waals surface area contributed by atoms with Gasteiger partial charge in [-0.3, -0.25) is 4.98 Å². The summed E-state index contributed by atoms with van der Waals surface area (Å²) in [6.07, 6.45) is -3.78. The second-order valence-electron chi connectivity index (χ2n) is 5.41. The number of hydrogen-bond donors (Lipinski definition) is 0. The molecule has 28 heavy (non-hydrogen) atoms. The maximum atomic E-state index is 12.7. The monoisotopic (exact) mass is 446 g/mol. The second kappa shape index (κ2) is 9.08. The Morgan fingerprint density at radius 3 is 2.43 bits per heavy atom. The minimum Gasteiger partial charge on any atom is -0.477 e. The fourth-order valence-corrected chi connectivity index (χ4v) is 2.84. The second-order valence-corrected chi connectivity index (χ2v) is 7.46. The van der Waals surface area contributed by atoms with Gasteiger partial charge in [0.2, 0.25) is 11.8 Å². The number of alkyl halides is 7. The third-order valence-corrected chi connectivity index (χ3v) is 4.27. The van der Waals surface area contributed by atoms with Crippen molar-refractivity contribution in [2.45, 2.75) is 29.7 Å². The number of ether oxygens (including phenoxy) is 2. The average Bonchev–Trinajstić information content (AvgIpc) is 2.52. The van der Waals surface area contributed by atoms with Gasteiger partial charge in [-0.1, -0.05) is 0 Å². The number of thioether (sulfide) groups is 1. The minimum atomic E-state index is -4.62. The summed E-state index contributed by atoms with van der Waals surface area (Å²) in [5.74, 6) is -0.129. The van der Waals surface area contributed by atoms with E-state index in [1.54, 1.807) is 6.92 Å². The first-order chi connectivity index (χ1) is 12.9. The molecule has 0 spiro atoms. The lowest BCUT2D eigenvalue weighted by Gasteiger charge is -2.13. The predicted molar refractivity (Wildman–Crippen MR) is 91.7 cm³/mol. The molecular weight excluding hydrogens is 434 g/mol. The predicted octanol–water partition coefficient (Wildman–Crippen LogP) is 6.18. The van der Waals surface area contributed by atoms with Gasteiger partial charge < -0.3 is 9.47 Å². The van der Waals surface area contributed by atoms with Crippen LogP contribution in [0.1, 0.15) is 17.7 Å². The van der Waals surface area contributed by atoms with E-state index in [1.807, 2.05) is 0 Å². The molecule has 1 unspecified atom stereocenters. The molecule has 0 aliphatic heterocycles. The van der Waals surface area contributed by atoms with Crippen LogP contribution in [0.4, 0.5) is 26.3 Å². The Morgan fingerprint density at radius 1 is 1.11 bits per heavy atom. The highest BCUT2D eigenvalue weighted by Gasteiger charge is 2.33. The minimum absolute atomic E-state index is 0.0404. The van der Waals surface area contributed by atoms with Crippen LogP contribution in [0.2, 0.25) is 0 Å². The van der Waals surface area contributed by atoms with E-state index in [0.29, 0.717) is 5.56 Å². The zero-order chi connectivity index (χ0) is 20.9. The van der Waals surface area contributed by atoms with Gasteiger partial charge in [0, 0.05) is 30.8 Å². The van der Waals surface area contributed by atoms with Gasteiger partial charge in [0.1, 0.15) is 11.4 Å². The molecule has 0 bridgehead atoms. The third kappa shape index (κ3) is 7.63. The number of aryl methyl sites for hydroxylation is 1. The number of halogens is 7. The summed E-state index contributed by atoms with van der Waals surface area (Å²) in [6, 6.07) is 4.91. The van der Waals surface area contributed by atoms with Crippen molar-refractivity contribution in [2.24, 2.45) is 0 Å². The Bertz CT molecular complexity index is 803. The van der Waals surface area contributed by atoms with Crippen molar-refractivity contribution in [2.75, 3.05) is 6.61 Å². The standard InChI is InChI=1S/C16H13ClF6N2O2S/c1-9-6-13(26-5-3-12(17)28-16(21,22)23)25-14(7-9)27-10-2-4-24-11(8-10)15(18,19)20/h2,4,6-8,12H,3,5H2,1H3. The zero-order valence-electron chi connectivity index (χ0n) is 14.1. The highest BCUT2D eigenvalue weighted by atomic mass is 35.5. The molecule has 0 aliphatic rings. The molecule has 4 nitrogen and oxygen atoms in total. The molecule has 12 heteroatoms. The van der Waals surface area contributed by atoms with E-state index < -0.39 is 22.1 Å². The molecule has 2 aromatic rings. The topological polar surface area (TPSA) is 44.2 Å². The molecule has 2 aromatic heterocycles. The van der Waals surface area contributed by atoms with E-state index in [0.717, 1.165) is 12.3 Å². The molecule has 0 fully saturated rings. The van der Waals surface area contributed by atoms with E-state index in [9.17, 15) is 26.3 Å². The number of rotatable bonds is 7. The van der Waals surface area contributed by atoms with Crippen molar-refractivity contribution >= 4 is 23.4 Å². The van der Waals surface area contributed by atoms with E-state index >= 15 is 0 Å². The van der Waals surface area contributed by atoms with E-state index in [2.05, 4.69) is 9.97 Å². The van der Waals surface area contributed by atoms with Crippen LogP contribution in [0.15, 0.2) is 30.5 Å². The first kappa shape index (κ1) is 22.4. The fourth-order valence-electron chi connectivity index (χ4n) is 1.94. The molecule has 0 aliphatic carbocycles. The first-order valence-corrected chi connectivity index (χ1v) is 8.95.